The molecule has 8 nitrogen and oxygen atoms in total. The SMILES string of the molecule is O=C(NC1CCCN(c2ncccn2)C1)c1ccc(Cl)c(S(=O)(=O)N2CCCCC2)c1. The average molecular weight is 464 g/mol. The molecule has 1 aromatic carbocycles. The number of sulfonamides is 1. The van der Waals surface area contributed by atoms with Gasteiger partial charge in [0.15, 0.2) is 0 Å². The summed E-state index contributed by atoms with van der Waals surface area (Å²) in [5.74, 6) is 0.329. The number of carbonyl (C=O) groups excluding carboxylic acids is 1. The fraction of sp³-hybridized carbons (Fsp3) is 0.476. The van der Waals surface area contributed by atoms with Crippen molar-refractivity contribution in [2.24, 2.45) is 0 Å². The number of amides is 1. The second-order valence-electron chi connectivity index (χ2n) is 7.92. The number of rotatable bonds is 5. The van der Waals surface area contributed by atoms with Crippen LogP contribution in [0.2, 0.25) is 5.02 Å². The summed E-state index contributed by atoms with van der Waals surface area (Å²) in [5, 5.41) is 3.16. The van der Waals surface area contributed by atoms with Crippen LogP contribution in [-0.4, -0.2) is 60.8 Å². The van der Waals surface area contributed by atoms with Gasteiger partial charge in [0.05, 0.1) is 5.02 Å². The van der Waals surface area contributed by atoms with Crippen LogP contribution in [0.25, 0.3) is 0 Å². The maximum atomic E-state index is 13.1. The Morgan fingerprint density at radius 2 is 1.81 bits per heavy atom. The second-order valence-corrected chi connectivity index (χ2v) is 10.2. The van der Waals surface area contributed by atoms with Gasteiger partial charge >= 0.3 is 0 Å². The van der Waals surface area contributed by atoms with E-state index < -0.39 is 10.0 Å². The first-order chi connectivity index (χ1) is 14.9. The van der Waals surface area contributed by atoms with E-state index in [2.05, 4.69) is 15.3 Å². The lowest BCUT2D eigenvalue weighted by atomic mass is 10.1. The number of benzene rings is 1. The van der Waals surface area contributed by atoms with Crippen molar-refractivity contribution in [1.82, 2.24) is 19.6 Å². The number of carbonyl (C=O) groups is 1. The predicted octanol–water partition coefficient (Wildman–Crippen LogP) is 2.70. The number of hydrogen-bond donors (Lipinski definition) is 1. The fourth-order valence-corrected chi connectivity index (χ4v) is 6.10. The van der Waals surface area contributed by atoms with Gasteiger partial charge in [0.1, 0.15) is 4.90 Å². The minimum atomic E-state index is -3.73. The molecule has 0 aliphatic carbocycles. The molecule has 31 heavy (non-hydrogen) atoms. The van der Waals surface area contributed by atoms with E-state index in [0.29, 0.717) is 25.6 Å². The summed E-state index contributed by atoms with van der Waals surface area (Å²) in [5.41, 5.74) is 0.285. The van der Waals surface area contributed by atoms with Gasteiger partial charge in [0.25, 0.3) is 5.91 Å². The number of aromatic nitrogens is 2. The minimum absolute atomic E-state index is 0.00771. The molecule has 0 saturated carbocycles. The summed E-state index contributed by atoms with van der Waals surface area (Å²) < 4.78 is 27.6. The van der Waals surface area contributed by atoms with Crippen LogP contribution in [0, 0.1) is 0 Å². The molecule has 1 N–H and O–H groups in total. The Balaban J connectivity index is 1.48. The van der Waals surface area contributed by atoms with Crippen LogP contribution in [0.3, 0.4) is 0 Å². The van der Waals surface area contributed by atoms with Crippen molar-refractivity contribution in [2.45, 2.75) is 43.0 Å². The highest BCUT2D eigenvalue weighted by molar-refractivity contribution is 7.89. The third-order valence-electron chi connectivity index (χ3n) is 5.72. The number of nitrogens with zero attached hydrogens (tertiary/aromatic N) is 4. The van der Waals surface area contributed by atoms with Gasteiger partial charge in [-0.25, -0.2) is 18.4 Å². The third-order valence-corrected chi connectivity index (χ3v) is 8.10. The molecule has 2 saturated heterocycles. The number of nitrogens with one attached hydrogen (secondary N) is 1. The van der Waals surface area contributed by atoms with Crippen LogP contribution in [0.15, 0.2) is 41.6 Å². The van der Waals surface area contributed by atoms with Crippen molar-refractivity contribution in [2.75, 3.05) is 31.1 Å². The Hall–Kier alpha value is -2.23. The molecule has 1 amide bonds. The van der Waals surface area contributed by atoms with Gasteiger partial charge in [-0.05, 0) is 49.9 Å². The summed E-state index contributed by atoms with van der Waals surface area (Å²) >= 11 is 6.23. The van der Waals surface area contributed by atoms with Crippen LogP contribution in [0.5, 0.6) is 0 Å². The molecule has 10 heteroatoms. The largest absolute Gasteiger partial charge is 0.348 e. The quantitative estimate of drug-likeness (QED) is 0.732. The first kappa shape index (κ1) is 22.0. The van der Waals surface area contributed by atoms with Crippen molar-refractivity contribution >= 4 is 33.5 Å². The molecule has 0 bridgehead atoms. The smallest absolute Gasteiger partial charge is 0.251 e. The molecule has 3 heterocycles. The van der Waals surface area contributed by atoms with E-state index in [9.17, 15) is 13.2 Å². The van der Waals surface area contributed by atoms with Crippen LogP contribution in [-0.2, 0) is 10.0 Å². The van der Waals surface area contributed by atoms with Gasteiger partial charge in [0, 0.05) is 50.2 Å². The molecule has 2 aliphatic heterocycles. The van der Waals surface area contributed by atoms with E-state index in [1.165, 1.54) is 16.4 Å². The van der Waals surface area contributed by atoms with Crippen LogP contribution < -0.4 is 10.2 Å². The standard InChI is InChI=1S/C21H26ClN5O3S/c22-18-8-7-16(14-19(18)31(29,30)27-12-2-1-3-13-27)20(28)25-17-6-4-11-26(15-17)21-23-9-5-10-24-21/h5,7-10,14,17H,1-4,6,11-13,15H2,(H,25,28). The van der Waals surface area contributed by atoms with Gasteiger partial charge in [-0.2, -0.15) is 4.31 Å². The van der Waals surface area contributed by atoms with E-state index >= 15 is 0 Å². The molecule has 4 rings (SSSR count). The van der Waals surface area contributed by atoms with Gasteiger partial charge in [-0.3, -0.25) is 4.79 Å². The number of anilines is 1. The van der Waals surface area contributed by atoms with Crippen molar-refractivity contribution in [1.29, 1.82) is 0 Å². The van der Waals surface area contributed by atoms with Gasteiger partial charge in [-0.15, -0.1) is 0 Å². The molecule has 2 aromatic rings. The van der Waals surface area contributed by atoms with Crippen molar-refractivity contribution in [3.8, 4) is 0 Å². The van der Waals surface area contributed by atoms with Gasteiger partial charge in [-0.1, -0.05) is 18.0 Å². The fourth-order valence-electron chi connectivity index (χ4n) is 4.09. The number of halogens is 1. The molecule has 166 valence electrons. The Morgan fingerprint density at radius 3 is 2.55 bits per heavy atom. The van der Waals surface area contributed by atoms with E-state index in [0.717, 1.165) is 38.6 Å². The highest BCUT2D eigenvalue weighted by atomic mass is 35.5. The zero-order chi connectivity index (χ0) is 21.8. The van der Waals surface area contributed by atoms with Crippen molar-refractivity contribution in [3.05, 3.63) is 47.2 Å². The van der Waals surface area contributed by atoms with Crippen LogP contribution in [0.1, 0.15) is 42.5 Å². The van der Waals surface area contributed by atoms with Gasteiger partial charge < -0.3 is 10.2 Å². The Morgan fingerprint density at radius 1 is 1.06 bits per heavy atom. The Bertz CT molecular complexity index is 1030. The first-order valence-corrected chi connectivity index (χ1v) is 12.4. The highest BCUT2D eigenvalue weighted by Crippen LogP contribution is 2.28. The van der Waals surface area contributed by atoms with Crippen LogP contribution >= 0.6 is 11.6 Å². The molecule has 0 radical (unpaired) electrons. The molecular weight excluding hydrogens is 438 g/mol. The number of piperidine rings is 2. The molecular formula is C21H26ClN5O3S. The monoisotopic (exact) mass is 463 g/mol. The molecule has 2 aliphatic rings. The number of hydrogen-bond acceptors (Lipinski definition) is 6. The topological polar surface area (TPSA) is 95.5 Å². The van der Waals surface area contributed by atoms with E-state index in [-0.39, 0.29) is 27.4 Å². The molecule has 1 aromatic heterocycles. The molecule has 1 atom stereocenters. The normalized spacial score (nSPS) is 20.4. The second kappa shape index (κ2) is 9.50. The lowest BCUT2D eigenvalue weighted by Crippen LogP contribution is -2.48. The van der Waals surface area contributed by atoms with E-state index in [4.69, 9.17) is 11.6 Å². The minimum Gasteiger partial charge on any atom is -0.348 e. The van der Waals surface area contributed by atoms with E-state index in [1.807, 2.05) is 4.90 Å². The molecule has 0 spiro atoms. The summed E-state index contributed by atoms with van der Waals surface area (Å²) in [6, 6.07) is 6.13. The summed E-state index contributed by atoms with van der Waals surface area (Å²) in [6.07, 6.45) is 7.82. The third kappa shape index (κ3) is 4.99. The maximum absolute atomic E-state index is 13.1. The van der Waals surface area contributed by atoms with Crippen molar-refractivity contribution < 1.29 is 13.2 Å². The van der Waals surface area contributed by atoms with E-state index in [1.54, 1.807) is 24.5 Å². The zero-order valence-electron chi connectivity index (χ0n) is 17.2. The summed E-state index contributed by atoms with van der Waals surface area (Å²) in [6.45, 7) is 2.39. The molecule has 2 fully saturated rings. The zero-order valence-corrected chi connectivity index (χ0v) is 18.8. The van der Waals surface area contributed by atoms with Gasteiger partial charge in [0.2, 0.25) is 16.0 Å². The Kier molecular flexibility index (Phi) is 6.74. The summed E-state index contributed by atoms with van der Waals surface area (Å²) in [4.78, 5) is 23.5. The average Bonchev–Trinajstić information content (AvgIpc) is 2.80. The Labute approximate surface area is 187 Å². The maximum Gasteiger partial charge on any atom is 0.251 e. The summed E-state index contributed by atoms with van der Waals surface area (Å²) in [7, 11) is -3.73. The predicted molar refractivity (Wildman–Crippen MR) is 119 cm³/mol. The van der Waals surface area contributed by atoms with Crippen LogP contribution in [0.4, 0.5) is 5.95 Å². The van der Waals surface area contributed by atoms with Crippen molar-refractivity contribution in [3.63, 3.8) is 0 Å². The first-order valence-electron chi connectivity index (χ1n) is 10.6. The molecule has 1 unspecified atom stereocenters. The lowest BCUT2D eigenvalue weighted by Gasteiger charge is -2.33. The lowest BCUT2D eigenvalue weighted by molar-refractivity contribution is 0.0933. The highest BCUT2D eigenvalue weighted by Gasteiger charge is 2.29.